The first kappa shape index (κ1) is 25.1. The Morgan fingerprint density at radius 2 is 1.64 bits per heavy atom. The summed E-state index contributed by atoms with van der Waals surface area (Å²) >= 11 is 0. The molecular weight excluding hydrogens is 490 g/mol. The zero-order valence-electron chi connectivity index (χ0n) is 22.9. The number of carbonyl (C=O) groups excluding carboxylic acids is 1. The lowest BCUT2D eigenvalue weighted by atomic mass is 9.97. The molecule has 0 radical (unpaired) electrons. The van der Waals surface area contributed by atoms with Crippen molar-refractivity contribution in [3.8, 4) is 28.3 Å². The Bertz CT molecular complexity index is 1520. The number of likely N-dealkylation sites (N-methyl/N-ethyl adjacent to an activating group) is 1. The molecule has 8 heteroatoms. The molecule has 2 aliphatic heterocycles. The predicted molar refractivity (Wildman–Crippen MR) is 153 cm³/mol. The number of aromatic nitrogens is 2. The van der Waals surface area contributed by atoms with E-state index in [0.717, 1.165) is 77.5 Å². The van der Waals surface area contributed by atoms with Crippen LogP contribution in [0.3, 0.4) is 0 Å². The first-order chi connectivity index (χ1) is 18.9. The van der Waals surface area contributed by atoms with Gasteiger partial charge in [-0.15, -0.1) is 0 Å². The van der Waals surface area contributed by atoms with E-state index in [4.69, 9.17) is 9.26 Å². The van der Waals surface area contributed by atoms with Crippen molar-refractivity contribution in [2.75, 3.05) is 56.7 Å². The Morgan fingerprint density at radius 3 is 2.31 bits per heavy atom. The van der Waals surface area contributed by atoms with Crippen molar-refractivity contribution in [1.82, 2.24) is 15.0 Å². The molecule has 1 saturated heterocycles. The van der Waals surface area contributed by atoms with Crippen molar-refractivity contribution < 1.29 is 14.1 Å². The van der Waals surface area contributed by atoms with Crippen LogP contribution in [0.1, 0.15) is 27.4 Å². The monoisotopic (exact) mass is 523 g/mol. The number of hydrogen-bond acceptors (Lipinski definition) is 7. The van der Waals surface area contributed by atoms with Crippen LogP contribution in [0.2, 0.25) is 0 Å². The van der Waals surface area contributed by atoms with Crippen LogP contribution in [-0.2, 0) is 6.42 Å². The summed E-state index contributed by atoms with van der Waals surface area (Å²) in [6.45, 7) is 8.42. The quantitative estimate of drug-likeness (QED) is 0.365. The third kappa shape index (κ3) is 4.76. The number of piperazine rings is 1. The van der Waals surface area contributed by atoms with E-state index in [9.17, 15) is 4.79 Å². The van der Waals surface area contributed by atoms with Gasteiger partial charge in [0, 0.05) is 56.5 Å². The second kappa shape index (κ2) is 10.2. The molecule has 0 bridgehead atoms. The molecule has 39 heavy (non-hydrogen) atoms. The van der Waals surface area contributed by atoms with Crippen molar-refractivity contribution >= 4 is 17.3 Å². The molecule has 1 amide bonds. The minimum atomic E-state index is 0.0225. The number of rotatable bonds is 5. The van der Waals surface area contributed by atoms with Gasteiger partial charge in [0.2, 0.25) is 11.7 Å². The molecule has 1 aromatic heterocycles. The summed E-state index contributed by atoms with van der Waals surface area (Å²) in [6, 6.07) is 18.3. The van der Waals surface area contributed by atoms with Crippen LogP contribution >= 0.6 is 0 Å². The average Bonchev–Trinajstić information content (AvgIpc) is 3.58. The van der Waals surface area contributed by atoms with Crippen molar-refractivity contribution in [2.24, 2.45) is 0 Å². The van der Waals surface area contributed by atoms with Crippen molar-refractivity contribution in [2.45, 2.75) is 20.3 Å². The summed E-state index contributed by atoms with van der Waals surface area (Å²) in [5.74, 6) is 2.03. The fourth-order valence-corrected chi connectivity index (χ4v) is 5.56. The van der Waals surface area contributed by atoms with E-state index < -0.39 is 0 Å². The number of nitrogens with zero attached hydrogens (tertiary/aromatic N) is 5. The standard InChI is InChI=1S/C31H33N5O3/c1-20-17-25(30-32-21(2)39-33-30)9-10-26(20)22-5-7-23(8-6-22)31(37)36-12-11-24-18-29(38-4)28(19-27(24)36)35-15-13-34(3)14-16-35/h5-10,17-19H,11-16H2,1-4H3. The van der Waals surface area contributed by atoms with Crippen LogP contribution in [0.25, 0.3) is 22.5 Å². The van der Waals surface area contributed by atoms with Gasteiger partial charge in [0.15, 0.2) is 0 Å². The summed E-state index contributed by atoms with van der Waals surface area (Å²) in [7, 11) is 3.87. The number of hydrogen-bond donors (Lipinski definition) is 0. The van der Waals surface area contributed by atoms with Gasteiger partial charge in [0.05, 0.1) is 12.8 Å². The number of aryl methyl sites for hydroxylation is 2. The zero-order valence-corrected chi connectivity index (χ0v) is 22.9. The average molecular weight is 524 g/mol. The van der Waals surface area contributed by atoms with Crippen LogP contribution < -0.4 is 14.5 Å². The SMILES string of the molecule is COc1cc2c(cc1N1CCN(C)CC1)N(C(=O)c1ccc(-c3ccc(-c4noc(C)n4)cc3C)cc1)CC2. The molecular formula is C31H33N5O3. The van der Waals surface area contributed by atoms with Gasteiger partial charge < -0.3 is 24.0 Å². The Hall–Kier alpha value is -4.17. The molecule has 0 unspecified atom stereocenters. The molecule has 3 aromatic carbocycles. The molecule has 200 valence electrons. The number of ether oxygens (including phenoxy) is 1. The molecule has 0 saturated carbocycles. The van der Waals surface area contributed by atoms with Crippen LogP contribution in [0, 0.1) is 13.8 Å². The van der Waals surface area contributed by atoms with E-state index >= 15 is 0 Å². The van der Waals surface area contributed by atoms with E-state index in [1.165, 1.54) is 0 Å². The van der Waals surface area contributed by atoms with E-state index in [0.29, 0.717) is 23.8 Å². The van der Waals surface area contributed by atoms with E-state index in [-0.39, 0.29) is 5.91 Å². The lowest BCUT2D eigenvalue weighted by Crippen LogP contribution is -2.44. The first-order valence-electron chi connectivity index (χ1n) is 13.4. The Balaban J connectivity index is 1.24. The van der Waals surface area contributed by atoms with Gasteiger partial charge in [-0.2, -0.15) is 4.98 Å². The molecule has 3 heterocycles. The molecule has 8 nitrogen and oxygen atoms in total. The number of methoxy groups -OCH3 is 1. The van der Waals surface area contributed by atoms with Crippen molar-refractivity contribution in [1.29, 1.82) is 0 Å². The highest BCUT2D eigenvalue weighted by atomic mass is 16.5. The maximum absolute atomic E-state index is 13.7. The van der Waals surface area contributed by atoms with Gasteiger partial charge in [-0.1, -0.05) is 29.4 Å². The zero-order chi connectivity index (χ0) is 27.1. The number of anilines is 2. The number of fused-ring (bicyclic) bond motifs is 1. The summed E-state index contributed by atoms with van der Waals surface area (Å²) in [6.07, 6.45) is 0.823. The van der Waals surface area contributed by atoms with E-state index in [1.807, 2.05) is 35.2 Å². The third-order valence-electron chi connectivity index (χ3n) is 7.82. The van der Waals surface area contributed by atoms with Gasteiger partial charge in [-0.25, -0.2) is 0 Å². The van der Waals surface area contributed by atoms with Gasteiger partial charge in [-0.05, 0) is 73.0 Å². The third-order valence-corrected chi connectivity index (χ3v) is 7.82. The Kier molecular flexibility index (Phi) is 6.56. The highest BCUT2D eigenvalue weighted by molar-refractivity contribution is 6.08. The first-order valence-corrected chi connectivity index (χ1v) is 13.4. The lowest BCUT2D eigenvalue weighted by molar-refractivity contribution is 0.0989. The van der Waals surface area contributed by atoms with E-state index in [2.05, 4.69) is 58.2 Å². The molecule has 1 fully saturated rings. The largest absolute Gasteiger partial charge is 0.495 e. The molecule has 0 N–H and O–H groups in total. The summed E-state index contributed by atoms with van der Waals surface area (Å²) in [4.78, 5) is 24.6. The van der Waals surface area contributed by atoms with Gasteiger partial charge >= 0.3 is 0 Å². The Morgan fingerprint density at radius 1 is 0.897 bits per heavy atom. The van der Waals surface area contributed by atoms with Crippen molar-refractivity contribution in [3.05, 3.63) is 77.2 Å². The van der Waals surface area contributed by atoms with Gasteiger partial charge in [0.1, 0.15) is 5.75 Å². The number of amides is 1. The fraction of sp³-hybridized carbons (Fsp3) is 0.323. The van der Waals surface area contributed by atoms with Crippen LogP contribution in [-0.4, -0.2) is 67.8 Å². The molecule has 2 aliphatic rings. The van der Waals surface area contributed by atoms with Crippen LogP contribution in [0.15, 0.2) is 59.1 Å². The van der Waals surface area contributed by atoms with Crippen molar-refractivity contribution in [3.63, 3.8) is 0 Å². The molecule has 0 atom stereocenters. The lowest BCUT2D eigenvalue weighted by Gasteiger charge is -2.35. The normalized spacial score (nSPS) is 15.5. The number of benzene rings is 3. The number of carbonyl (C=O) groups is 1. The van der Waals surface area contributed by atoms with Crippen LogP contribution in [0.5, 0.6) is 5.75 Å². The predicted octanol–water partition coefficient (Wildman–Crippen LogP) is 4.98. The molecule has 4 aromatic rings. The highest BCUT2D eigenvalue weighted by Gasteiger charge is 2.29. The highest BCUT2D eigenvalue weighted by Crippen LogP contribution is 2.40. The summed E-state index contributed by atoms with van der Waals surface area (Å²) < 4.78 is 10.9. The molecule has 0 aliphatic carbocycles. The minimum absolute atomic E-state index is 0.0225. The summed E-state index contributed by atoms with van der Waals surface area (Å²) in [5, 5.41) is 4.02. The molecule has 6 rings (SSSR count). The van der Waals surface area contributed by atoms with E-state index in [1.54, 1.807) is 14.0 Å². The molecule has 0 spiro atoms. The second-order valence-electron chi connectivity index (χ2n) is 10.4. The smallest absolute Gasteiger partial charge is 0.258 e. The maximum atomic E-state index is 13.7. The Labute approximate surface area is 228 Å². The topological polar surface area (TPSA) is 74.9 Å². The van der Waals surface area contributed by atoms with Gasteiger partial charge in [0.25, 0.3) is 5.91 Å². The van der Waals surface area contributed by atoms with Gasteiger partial charge in [-0.3, -0.25) is 4.79 Å². The van der Waals surface area contributed by atoms with Crippen LogP contribution in [0.4, 0.5) is 11.4 Å². The minimum Gasteiger partial charge on any atom is -0.495 e. The fourth-order valence-electron chi connectivity index (χ4n) is 5.56. The second-order valence-corrected chi connectivity index (χ2v) is 10.4. The summed E-state index contributed by atoms with van der Waals surface area (Å²) in [5.41, 5.74) is 8.07. The maximum Gasteiger partial charge on any atom is 0.258 e.